The standard InChI is InChI=1S/C5H8O2S3/c1-4(7-3-6)10-5(8)9-2/h3-4H,1-2H3. The molecule has 0 N–H and O–H groups in total. The van der Waals surface area contributed by atoms with Gasteiger partial charge in [0.05, 0.1) is 0 Å². The van der Waals surface area contributed by atoms with Crippen LogP contribution in [0.4, 0.5) is 0 Å². The minimum atomic E-state index is -0.169. The molecule has 0 aromatic carbocycles. The maximum Gasteiger partial charge on any atom is 0.294 e. The first-order valence-corrected chi connectivity index (χ1v) is 5.05. The van der Waals surface area contributed by atoms with E-state index < -0.39 is 0 Å². The summed E-state index contributed by atoms with van der Waals surface area (Å²) in [7, 11) is 0. The minimum absolute atomic E-state index is 0.169. The Labute approximate surface area is 74.1 Å². The van der Waals surface area contributed by atoms with Gasteiger partial charge in [0.25, 0.3) is 6.47 Å². The molecule has 0 heterocycles. The highest BCUT2D eigenvalue weighted by molar-refractivity contribution is 8.47. The topological polar surface area (TPSA) is 26.3 Å². The zero-order valence-electron chi connectivity index (χ0n) is 5.70. The number of rotatable bonds is 3. The minimum Gasteiger partial charge on any atom is -0.453 e. The Morgan fingerprint density at radius 1 is 1.80 bits per heavy atom. The van der Waals surface area contributed by atoms with Gasteiger partial charge in [-0.15, -0.1) is 11.8 Å². The lowest BCUT2D eigenvalue weighted by Gasteiger charge is -2.06. The number of carbonyl (C=O) groups is 1. The SMILES string of the molecule is CSC(=S)SC(C)OC=O. The molecule has 58 valence electrons. The van der Waals surface area contributed by atoms with Crippen molar-refractivity contribution in [1.82, 2.24) is 0 Å². The second-order valence-electron chi connectivity index (χ2n) is 1.37. The van der Waals surface area contributed by atoms with Crippen molar-refractivity contribution in [2.75, 3.05) is 6.26 Å². The highest BCUT2D eigenvalue weighted by Crippen LogP contribution is 2.19. The first-order valence-electron chi connectivity index (χ1n) is 2.54. The predicted molar refractivity (Wildman–Crippen MR) is 50.3 cm³/mol. The summed E-state index contributed by atoms with van der Waals surface area (Å²) < 4.78 is 5.38. The summed E-state index contributed by atoms with van der Waals surface area (Å²) in [6.45, 7) is 2.21. The Kier molecular flexibility index (Phi) is 6.16. The maximum atomic E-state index is 9.80. The number of thioether (sulfide) groups is 2. The summed E-state index contributed by atoms with van der Waals surface area (Å²) in [5.74, 6) is 0. The Morgan fingerprint density at radius 2 is 2.40 bits per heavy atom. The van der Waals surface area contributed by atoms with Gasteiger partial charge in [-0.3, -0.25) is 4.79 Å². The predicted octanol–water partition coefficient (Wildman–Crippen LogP) is 1.89. The Bertz CT molecular complexity index is 126. The number of hydrogen-bond donors (Lipinski definition) is 0. The average molecular weight is 196 g/mol. The van der Waals surface area contributed by atoms with Crippen molar-refractivity contribution in [3.63, 3.8) is 0 Å². The van der Waals surface area contributed by atoms with E-state index in [0.717, 1.165) is 3.53 Å². The third-order valence-electron chi connectivity index (χ3n) is 0.676. The van der Waals surface area contributed by atoms with Gasteiger partial charge in [0, 0.05) is 0 Å². The molecule has 0 aliphatic rings. The van der Waals surface area contributed by atoms with Crippen LogP contribution in [0.2, 0.25) is 0 Å². The van der Waals surface area contributed by atoms with E-state index in [1.54, 1.807) is 6.92 Å². The first kappa shape index (κ1) is 10.3. The summed E-state index contributed by atoms with van der Waals surface area (Å²) >= 11 is 7.72. The van der Waals surface area contributed by atoms with Crippen LogP contribution in [0.1, 0.15) is 6.92 Å². The fourth-order valence-electron chi connectivity index (χ4n) is 0.290. The second-order valence-corrected chi connectivity index (χ2v) is 4.68. The van der Waals surface area contributed by atoms with E-state index in [9.17, 15) is 4.79 Å². The van der Waals surface area contributed by atoms with E-state index in [0.29, 0.717) is 6.47 Å². The Morgan fingerprint density at radius 3 is 2.80 bits per heavy atom. The molecule has 0 radical (unpaired) electrons. The van der Waals surface area contributed by atoms with E-state index in [4.69, 9.17) is 12.2 Å². The molecule has 0 amide bonds. The van der Waals surface area contributed by atoms with E-state index in [2.05, 4.69) is 4.74 Å². The van der Waals surface area contributed by atoms with Gasteiger partial charge in [-0.05, 0) is 13.2 Å². The average Bonchev–Trinajstić information content (AvgIpc) is 1.88. The van der Waals surface area contributed by atoms with Gasteiger partial charge in [-0.1, -0.05) is 24.0 Å². The zero-order chi connectivity index (χ0) is 7.98. The van der Waals surface area contributed by atoms with E-state index in [1.165, 1.54) is 23.5 Å². The monoisotopic (exact) mass is 196 g/mol. The molecule has 0 aromatic heterocycles. The molecular weight excluding hydrogens is 188 g/mol. The summed E-state index contributed by atoms with van der Waals surface area (Å²) in [5, 5.41) is 0. The van der Waals surface area contributed by atoms with Gasteiger partial charge < -0.3 is 4.74 Å². The lowest BCUT2D eigenvalue weighted by Crippen LogP contribution is -2.02. The van der Waals surface area contributed by atoms with Crippen LogP contribution < -0.4 is 0 Å². The highest BCUT2D eigenvalue weighted by Gasteiger charge is 2.04. The van der Waals surface area contributed by atoms with Gasteiger partial charge >= 0.3 is 0 Å². The number of carbonyl (C=O) groups excluding carboxylic acids is 1. The molecule has 0 saturated carbocycles. The van der Waals surface area contributed by atoms with Crippen LogP contribution in [0.25, 0.3) is 0 Å². The molecule has 1 unspecified atom stereocenters. The molecule has 0 saturated heterocycles. The van der Waals surface area contributed by atoms with Gasteiger partial charge in [-0.2, -0.15) is 0 Å². The highest BCUT2D eigenvalue weighted by atomic mass is 32.2. The summed E-state index contributed by atoms with van der Waals surface area (Å²) in [6.07, 6.45) is 1.89. The van der Waals surface area contributed by atoms with Gasteiger partial charge in [0.2, 0.25) is 0 Å². The van der Waals surface area contributed by atoms with Gasteiger partial charge in [-0.25, -0.2) is 0 Å². The van der Waals surface area contributed by atoms with Crippen LogP contribution >= 0.6 is 35.7 Å². The van der Waals surface area contributed by atoms with Crippen molar-refractivity contribution in [3.05, 3.63) is 0 Å². The second kappa shape index (κ2) is 6.00. The largest absolute Gasteiger partial charge is 0.453 e. The van der Waals surface area contributed by atoms with Crippen molar-refractivity contribution in [1.29, 1.82) is 0 Å². The third-order valence-corrected chi connectivity index (χ3v) is 3.22. The molecule has 0 aliphatic carbocycles. The van der Waals surface area contributed by atoms with Crippen molar-refractivity contribution >= 4 is 45.7 Å². The van der Waals surface area contributed by atoms with Gasteiger partial charge in [0.1, 0.15) is 8.96 Å². The smallest absolute Gasteiger partial charge is 0.294 e. The van der Waals surface area contributed by atoms with Crippen molar-refractivity contribution in [3.8, 4) is 0 Å². The third kappa shape index (κ3) is 5.08. The maximum absolute atomic E-state index is 9.80. The van der Waals surface area contributed by atoms with E-state index in [1.807, 2.05) is 6.26 Å². The molecule has 5 heteroatoms. The normalized spacial score (nSPS) is 12.2. The van der Waals surface area contributed by atoms with E-state index >= 15 is 0 Å². The lowest BCUT2D eigenvalue weighted by atomic mass is 10.9. The fourth-order valence-corrected chi connectivity index (χ4v) is 1.86. The molecule has 1 atom stereocenters. The Balaban J connectivity index is 3.46. The fraction of sp³-hybridized carbons (Fsp3) is 0.600. The van der Waals surface area contributed by atoms with Crippen LogP contribution in [0.3, 0.4) is 0 Å². The first-order chi connectivity index (χ1) is 4.70. The van der Waals surface area contributed by atoms with Crippen molar-refractivity contribution in [2.45, 2.75) is 12.4 Å². The van der Waals surface area contributed by atoms with Crippen LogP contribution in [0.15, 0.2) is 0 Å². The lowest BCUT2D eigenvalue weighted by molar-refractivity contribution is -0.129. The molecule has 0 spiro atoms. The Hall–Kier alpha value is 0.260. The molecule has 0 fully saturated rings. The van der Waals surface area contributed by atoms with Crippen LogP contribution in [0.5, 0.6) is 0 Å². The molecule has 0 aromatic rings. The van der Waals surface area contributed by atoms with Crippen LogP contribution in [0, 0.1) is 0 Å². The molecular formula is C5H8O2S3. The summed E-state index contributed by atoms with van der Waals surface area (Å²) in [4.78, 5) is 9.80. The molecule has 0 bridgehead atoms. The van der Waals surface area contributed by atoms with Crippen LogP contribution in [-0.4, -0.2) is 21.7 Å². The zero-order valence-corrected chi connectivity index (χ0v) is 8.15. The van der Waals surface area contributed by atoms with Crippen molar-refractivity contribution < 1.29 is 9.53 Å². The van der Waals surface area contributed by atoms with E-state index in [-0.39, 0.29) is 5.44 Å². The summed E-state index contributed by atoms with van der Waals surface area (Å²) in [5.41, 5.74) is -0.169. The van der Waals surface area contributed by atoms with Crippen molar-refractivity contribution in [2.24, 2.45) is 0 Å². The molecule has 0 rings (SSSR count). The molecule has 0 aliphatic heterocycles. The molecule has 10 heavy (non-hydrogen) atoms. The number of ether oxygens (including phenoxy) is 1. The van der Waals surface area contributed by atoms with Crippen LogP contribution in [-0.2, 0) is 9.53 Å². The quantitative estimate of drug-likeness (QED) is 0.390. The molecule has 2 nitrogen and oxygen atoms in total. The van der Waals surface area contributed by atoms with Gasteiger partial charge in [0.15, 0.2) is 0 Å². The number of thiocarbonyl (C=S) groups is 1. The number of hydrogen-bond acceptors (Lipinski definition) is 5. The summed E-state index contributed by atoms with van der Waals surface area (Å²) in [6, 6.07) is 0.